The Hall–Kier alpha value is -7.22. The molecule has 0 fully saturated rings. The van der Waals surface area contributed by atoms with Gasteiger partial charge in [-0.25, -0.2) is 0 Å². The quantitative estimate of drug-likeness (QED) is 0.164. The molecular weight excluding hydrogens is 747 g/mol. The SMILES string of the molecule is CC1=C(\c2ccc(C3(C)c4cc5ccccc5cc4-c4ccc5c6cc7ccccc7cc6n(-c6ccccc6)c5c43)cc2)CCCC(c2ccccc2)/C=C\1c1ccccc1. The van der Waals surface area contributed by atoms with E-state index in [1.54, 1.807) is 0 Å². The molecule has 1 heteroatoms. The molecule has 2 aliphatic rings. The Bertz CT molecular complexity index is 3420. The zero-order valence-electron chi connectivity index (χ0n) is 35.3. The van der Waals surface area contributed by atoms with Crippen LogP contribution in [0.25, 0.3) is 71.3 Å². The second-order valence-electron chi connectivity index (χ2n) is 17.7. The number of hydrogen-bond acceptors (Lipinski definition) is 0. The Morgan fingerprint density at radius 2 is 1.15 bits per heavy atom. The van der Waals surface area contributed by atoms with Crippen LogP contribution in [0.4, 0.5) is 0 Å². The van der Waals surface area contributed by atoms with Crippen LogP contribution >= 0.6 is 0 Å². The lowest BCUT2D eigenvalue weighted by Gasteiger charge is -2.30. The van der Waals surface area contributed by atoms with Gasteiger partial charge < -0.3 is 4.57 Å². The van der Waals surface area contributed by atoms with Crippen molar-refractivity contribution in [2.45, 2.75) is 44.4 Å². The zero-order chi connectivity index (χ0) is 41.4. The van der Waals surface area contributed by atoms with Gasteiger partial charge >= 0.3 is 0 Å². The highest BCUT2D eigenvalue weighted by atomic mass is 15.0. The summed E-state index contributed by atoms with van der Waals surface area (Å²) in [5.41, 5.74) is 18.1. The summed E-state index contributed by atoms with van der Waals surface area (Å²) in [4.78, 5) is 0. The molecule has 2 unspecified atom stereocenters. The number of aromatic nitrogens is 1. The van der Waals surface area contributed by atoms with E-state index in [0.717, 1.165) is 19.3 Å². The van der Waals surface area contributed by atoms with Gasteiger partial charge in [-0.15, -0.1) is 0 Å². The van der Waals surface area contributed by atoms with Crippen molar-refractivity contribution in [3.8, 4) is 16.8 Å². The second kappa shape index (κ2) is 14.5. The first-order chi connectivity index (χ1) is 30.5. The van der Waals surface area contributed by atoms with Crippen molar-refractivity contribution < 1.29 is 0 Å². The van der Waals surface area contributed by atoms with E-state index in [-0.39, 0.29) is 0 Å². The molecule has 12 rings (SSSR count). The molecule has 0 aliphatic heterocycles. The van der Waals surface area contributed by atoms with Gasteiger partial charge in [-0.05, 0) is 152 Å². The van der Waals surface area contributed by atoms with Crippen molar-refractivity contribution >= 4 is 54.5 Å². The molecule has 62 heavy (non-hydrogen) atoms. The second-order valence-corrected chi connectivity index (χ2v) is 17.7. The molecule has 1 nitrogen and oxygen atoms in total. The summed E-state index contributed by atoms with van der Waals surface area (Å²) in [6, 6.07) is 75.0. The smallest absolute Gasteiger partial charge is 0.0591 e. The number of benzene rings is 9. The number of para-hydroxylation sites is 1. The van der Waals surface area contributed by atoms with E-state index >= 15 is 0 Å². The summed E-state index contributed by atoms with van der Waals surface area (Å²) in [5.74, 6) is 0.380. The number of nitrogens with zero attached hydrogens (tertiary/aromatic N) is 1. The average Bonchev–Trinajstić information content (AvgIpc) is 3.78. The van der Waals surface area contributed by atoms with E-state index in [4.69, 9.17) is 0 Å². The summed E-state index contributed by atoms with van der Waals surface area (Å²) < 4.78 is 2.55. The number of rotatable bonds is 5. The lowest BCUT2D eigenvalue weighted by Crippen LogP contribution is -2.23. The van der Waals surface area contributed by atoms with Gasteiger partial charge in [-0.3, -0.25) is 0 Å². The van der Waals surface area contributed by atoms with Crippen molar-refractivity contribution in [3.63, 3.8) is 0 Å². The molecule has 2 aliphatic carbocycles. The monoisotopic (exact) mass is 793 g/mol. The first-order valence-corrected chi connectivity index (χ1v) is 22.3. The first kappa shape index (κ1) is 36.6. The van der Waals surface area contributed by atoms with Crippen LogP contribution in [-0.4, -0.2) is 4.57 Å². The Balaban J connectivity index is 1.09. The summed E-state index contributed by atoms with van der Waals surface area (Å²) in [6.07, 6.45) is 5.84. The van der Waals surface area contributed by atoms with Gasteiger partial charge in [0, 0.05) is 27.8 Å². The van der Waals surface area contributed by atoms with E-state index in [1.165, 1.54) is 110 Å². The standard InChI is InChI=1S/C61H47N/c1-40-51(28-16-25-44(41-17-6-3-7-18-41)35-54(40)42-19-8-4-9-20-42)43-29-31-49(32-30-43)61(2)57-38-47-23-14-12-21-45(47)36-55(57)52-33-34-53-56-37-46-22-13-15-24-48(46)39-58(56)62(60(53)59(52)61)50-26-10-5-11-27-50/h3-15,17-24,26-27,29-39,44H,16,25,28H2,1-2H3/b51-40+,54-35+. The average molecular weight is 794 g/mol. The van der Waals surface area contributed by atoms with Gasteiger partial charge in [0.1, 0.15) is 0 Å². The zero-order valence-corrected chi connectivity index (χ0v) is 35.3. The number of hydrogen-bond donors (Lipinski definition) is 0. The molecule has 0 amide bonds. The van der Waals surface area contributed by atoms with Crippen LogP contribution in [0, 0.1) is 0 Å². The molecule has 9 aromatic carbocycles. The van der Waals surface area contributed by atoms with E-state index in [2.05, 4.69) is 225 Å². The summed E-state index contributed by atoms with van der Waals surface area (Å²) in [6.45, 7) is 4.85. The van der Waals surface area contributed by atoms with Gasteiger partial charge in [0.15, 0.2) is 0 Å². The molecule has 10 aromatic rings. The minimum absolute atomic E-state index is 0.380. The molecule has 0 saturated heterocycles. The van der Waals surface area contributed by atoms with Crippen LogP contribution in [0.1, 0.15) is 72.4 Å². The van der Waals surface area contributed by atoms with Crippen LogP contribution in [-0.2, 0) is 5.41 Å². The summed E-state index contributed by atoms with van der Waals surface area (Å²) in [5, 5.41) is 7.64. The third kappa shape index (κ3) is 5.68. The highest BCUT2D eigenvalue weighted by molar-refractivity contribution is 6.17. The maximum absolute atomic E-state index is 2.55. The molecule has 0 radical (unpaired) electrons. The van der Waals surface area contributed by atoms with Gasteiger partial charge in [0.25, 0.3) is 0 Å². The van der Waals surface area contributed by atoms with E-state index in [9.17, 15) is 0 Å². The molecule has 1 aromatic heterocycles. The van der Waals surface area contributed by atoms with Crippen molar-refractivity contribution in [3.05, 3.63) is 245 Å². The van der Waals surface area contributed by atoms with Gasteiger partial charge in [-0.1, -0.05) is 170 Å². The van der Waals surface area contributed by atoms with Gasteiger partial charge in [0.2, 0.25) is 0 Å². The normalized spacial score (nSPS) is 19.6. The summed E-state index contributed by atoms with van der Waals surface area (Å²) in [7, 11) is 0. The first-order valence-electron chi connectivity index (χ1n) is 22.3. The highest BCUT2D eigenvalue weighted by Gasteiger charge is 2.44. The van der Waals surface area contributed by atoms with Crippen molar-refractivity contribution in [1.29, 1.82) is 0 Å². The van der Waals surface area contributed by atoms with Crippen LogP contribution in [0.15, 0.2) is 212 Å². The highest BCUT2D eigenvalue weighted by Crippen LogP contribution is 2.57. The molecule has 0 bridgehead atoms. The van der Waals surface area contributed by atoms with Crippen LogP contribution < -0.4 is 0 Å². The fourth-order valence-electron chi connectivity index (χ4n) is 11.2. The molecule has 0 saturated carbocycles. The van der Waals surface area contributed by atoms with Gasteiger partial charge in [-0.2, -0.15) is 0 Å². The molecular formula is C61H47N. The molecule has 0 N–H and O–H groups in total. The minimum atomic E-state index is -0.435. The molecule has 2 atom stereocenters. The van der Waals surface area contributed by atoms with Crippen LogP contribution in [0.2, 0.25) is 0 Å². The number of fused-ring (bicyclic) bond motifs is 9. The third-order valence-electron chi connectivity index (χ3n) is 14.3. The van der Waals surface area contributed by atoms with Crippen molar-refractivity contribution in [2.75, 3.05) is 0 Å². The predicted octanol–water partition coefficient (Wildman–Crippen LogP) is 16.2. The molecule has 296 valence electrons. The topological polar surface area (TPSA) is 4.93 Å². The molecule has 0 spiro atoms. The maximum atomic E-state index is 2.55. The predicted molar refractivity (Wildman–Crippen MR) is 263 cm³/mol. The fraction of sp³-hybridized carbons (Fsp3) is 0.115. The van der Waals surface area contributed by atoms with Crippen molar-refractivity contribution in [2.24, 2.45) is 0 Å². The largest absolute Gasteiger partial charge is 0.309 e. The Morgan fingerprint density at radius 3 is 1.85 bits per heavy atom. The lowest BCUT2D eigenvalue weighted by atomic mass is 9.73. The van der Waals surface area contributed by atoms with Crippen molar-refractivity contribution in [1.82, 2.24) is 4.57 Å². The van der Waals surface area contributed by atoms with Crippen LogP contribution in [0.3, 0.4) is 0 Å². The Kier molecular flexibility index (Phi) is 8.54. The fourth-order valence-corrected chi connectivity index (χ4v) is 11.2. The molecule has 1 heterocycles. The van der Waals surface area contributed by atoms with E-state index in [0.29, 0.717) is 5.92 Å². The third-order valence-corrected chi connectivity index (χ3v) is 14.3. The number of allylic oxidation sites excluding steroid dienone is 4. The van der Waals surface area contributed by atoms with E-state index in [1.807, 2.05) is 0 Å². The minimum Gasteiger partial charge on any atom is -0.309 e. The van der Waals surface area contributed by atoms with E-state index < -0.39 is 5.41 Å². The lowest BCUT2D eigenvalue weighted by molar-refractivity contribution is 0.686. The van der Waals surface area contributed by atoms with Gasteiger partial charge in [0.05, 0.1) is 11.0 Å². The maximum Gasteiger partial charge on any atom is 0.0591 e. The van der Waals surface area contributed by atoms with Crippen LogP contribution in [0.5, 0.6) is 0 Å². The Morgan fingerprint density at radius 1 is 0.532 bits per heavy atom. The Labute approximate surface area is 363 Å². The summed E-state index contributed by atoms with van der Waals surface area (Å²) >= 11 is 0.